The maximum absolute atomic E-state index is 5.58. The number of pyridine rings is 1. The van der Waals surface area contributed by atoms with Gasteiger partial charge in [-0.3, -0.25) is 4.98 Å². The molecule has 0 atom stereocenters. The van der Waals surface area contributed by atoms with Gasteiger partial charge in [0, 0.05) is 11.8 Å². The summed E-state index contributed by atoms with van der Waals surface area (Å²) < 4.78 is 5.58. The zero-order valence-electron chi connectivity index (χ0n) is 9.60. The average molecular weight is 213 g/mol. The van der Waals surface area contributed by atoms with E-state index in [0.717, 1.165) is 22.6 Å². The van der Waals surface area contributed by atoms with Gasteiger partial charge in [0.15, 0.2) is 0 Å². The van der Waals surface area contributed by atoms with Crippen LogP contribution < -0.4 is 4.74 Å². The lowest BCUT2D eigenvalue weighted by molar-refractivity contribution is 0.341. The van der Waals surface area contributed by atoms with Gasteiger partial charge in [-0.15, -0.1) is 0 Å². The van der Waals surface area contributed by atoms with Crippen LogP contribution >= 0.6 is 0 Å². The first kappa shape index (κ1) is 10.7. The van der Waals surface area contributed by atoms with E-state index in [4.69, 9.17) is 4.74 Å². The maximum atomic E-state index is 5.58. The van der Waals surface area contributed by atoms with E-state index < -0.39 is 0 Å². The van der Waals surface area contributed by atoms with E-state index in [9.17, 15) is 0 Å². The molecule has 0 radical (unpaired) electrons. The Labute approximate surface area is 95.9 Å². The fraction of sp³-hybridized carbons (Fsp3) is 0.214. The van der Waals surface area contributed by atoms with Crippen molar-refractivity contribution >= 4 is 0 Å². The highest BCUT2D eigenvalue weighted by atomic mass is 16.5. The summed E-state index contributed by atoms with van der Waals surface area (Å²) in [6, 6.07) is 12.1. The van der Waals surface area contributed by atoms with Crippen molar-refractivity contribution < 1.29 is 4.74 Å². The molecule has 0 N–H and O–H groups in total. The first-order valence-electron chi connectivity index (χ1n) is 5.46. The van der Waals surface area contributed by atoms with E-state index >= 15 is 0 Å². The quantitative estimate of drug-likeness (QED) is 0.779. The van der Waals surface area contributed by atoms with Gasteiger partial charge in [0.05, 0.1) is 12.3 Å². The largest absolute Gasteiger partial charge is 0.493 e. The van der Waals surface area contributed by atoms with Gasteiger partial charge in [0.2, 0.25) is 0 Å². The zero-order valence-corrected chi connectivity index (χ0v) is 9.60. The van der Waals surface area contributed by atoms with Crippen molar-refractivity contribution in [2.45, 2.75) is 13.8 Å². The molecule has 2 heteroatoms. The molecular formula is C14H15NO. The molecule has 0 amide bonds. The highest BCUT2D eigenvalue weighted by Crippen LogP contribution is 2.28. The van der Waals surface area contributed by atoms with Crippen molar-refractivity contribution in [1.82, 2.24) is 4.98 Å². The highest BCUT2D eigenvalue weighted by Gasteiger charge is 2.05. The van der Waals surface area contributed by atoms with Crippen molar-refractivity contribution in [1.29, 1.82) is 0 Å². The molecule has 1 aromatic heterocycles. The predicted octanol–water partition coefficient (Wildman–Crippen LogP) is 3.46. The standard InChI is InChI=1S/C14H15NO/c1-3-16-14-7-5-4-6-12(14)13-9-8-11(2)10-15-13/h4-10H,3H2,1-2H3. The van der Waals surface area contributed by atoms with Crippen LogP contribution in [0.15, 0.2) is 42.6 Å². The van der Waals surface area contributed by atoms with Crippen LogP contribution in [0.25, 0.3) is 11.3 Å². The van der Waals surface area contributed by atoms with Gasteiger partial charge >= 0.3 is 0 Å². The Bertz CT molecular complexity index is 462. The minimum Gasteiger partial charge on any atom is -0.493 e. The molecule has 16 heavy (non-hydrogen) atoms. The monoisotopic (exact) mass is 213 g/mol. The number of benzene rings is 1. The molecule has 0 saturated carbocycles. The SMILES string of the molecule is CCOc1ccccc1-c1ccc(C)cn1. The number of aryl methyl sites for hydroxylation is 1. The summed E-state index contributed by atoms with van der Waals surface area (Å²) in [5, 5.41) is 0. The number of ether oxygens (including phenoxy) is 1. The molecule has 2 nitrogen and oxygen atoms in total. The van der Waals surface area contributed by atoms with Gasteiger partial charge in [-0.2, -0.15) is 0 Å². The zero-order chi connectivity index (χ0) is 11.4. The minimum absolute atomic E-state index is 0.670. The van der Waals surface area contributed by atoms with Gasteiger partial charge in [-0.05, 0) is 37.6 Å². The molecule has 0 spiro atoms. The summed E-state index contributed by atoms with van der Waals surface area (Å²) in [6.45, 7) is 4.69. The second-order valence-electron chi connectivity index (χ2n) is 3.65. The van der Waals surface area contributed by atoms with Gasteiger partial charge in [0.25, 0.3) is 0 Å². The highest BCUT2D eigenvalue weighted by molar-refractivity contribution is 5.66. The molecule has 1 heterocycles. The number of aromatic nitrogens is 1. The fourth-order valence-corrected chi connectivity index (χ4v) is 1.59. The lowest BCUT2D eigenvalue weighted by Crippen LogP contribution is -1.94. The van der Waals surface area contributed by atoms with Crippen LogP contribution in [-0.2, 0) is 0 Å². The Balaban J connectivity index is 2.42. The van der Waals surface area contributed by atoms with Crippen molar-refractivity contribution in [3.63, 3.8) is 0 Å². The molecule has 0 unspecified atom stereocenters. The van der Waals surface area contributed by atoms with Crippen molar-refractivity contribution in [2.75, 3.05) is 6.61 Å². The fourth-order valence-electron chi connectivity index (χ4n) is 1.59. The first-order valence-corrected chi connectivity index (χ1v) is 5.46. The van der Waals surface area contributed by atoms with Crippen LogP contribution in [0.3, 0.4) is 0 Å². The number of para-hydroxylation sites is 1. The van der Waals surface area contributed by atoms with Crippen molar-refractivity contribution in [3.05, 3.63) is 48.2 Å². The van der Waals surface area contributed by atoms with Crippen molar-refractivity contribution in [3.8, 4) is 17.0 Å². The van der Waals surface area contributed by atoms with Crippen LogP contribution in [0.5, 0.6) is 5.75 Å². The third-order valence-corrected chi connectivity index (χ3v) is 2.37. The smallest absolute Gasteiger partial charge is 0.128 e. The molecular weight excluding hydrogens is 198 g/mol. The van der Waals surface area contributed by atoms with Gasteiger partial charge < -0.3 is 4.74 Å². The summed E-state index contributed by atoms with van der Waals surface area (Å²) in [6.07, 6.45) is 1.87. The molecule has 1 aromatic carbocycles. The van der Waals surface area contributed by atoms with E-state index in [1.54, 1.807) is 0 Å². The normalized spacial score (nSPS) is 10.1. The summed E-state index contributed by atoms with van der Waals surface area (Å²) >= 11 is 0. The number of hydrogen-bond acceptors (Lipinski definition) is 2. The Morgan fingerprint density at radius 1 is 1.12 bits per heavy atom. The molecule has 2 rings (SSSR count). The van der Waals surface area contributed by atoms with Crippen LogP contribution in [0.4, 0.5) is 0 Å². The molecule has 0 saturated heterocycles. The van der Waals surface area contributed by atoms with E-state index in [2.05, 4.69) is 11.1 Å². The van der Waals surface area contributed by atoms with E-state index in [1.165, 1.54) is 0 Å². The third kappa shape index (κ3) is 2.22. The second kappa shape index (κ2) is 4.79. The number of rotatable bonds is 3. The molecule has 0 aliphatic rings. The van der Waals surface area contributed by atoms with Gasteiger partial charge in [0.1, 0.15) is 5.75 Å². The molecule has 0 bridgehead atoms. The summed E-state index contributed by atoms with van der Waals surface area (Å²) in [4.78, 5) is 4.41. The Kier molecular flexibility index (Phi) is 3.20. The van der Waals surface area contributed by atoms with E-state index in [-0.39, 0.29) is 0 Å². The van der Waals surface area contributed by atoms with Crippen LogP contribution in [0.2, 0.25) is 0 Å². The van der Waals surface area contributed by atoms with Gasteiger partial charge in [-0.1, -0.05) is 18.2 Å². The number of nitrogens with zero attached hydrogens (tertiary/aromatic N) is 1. The Morgan fingerprint density at radius 2 is 1.94 bits per heavy atom. The second-order valence-corrected chi connectivity index (χ2v) is 3.65. The van der Waals surface area contributed by atoms with Crippen molar-refractivity contribution in [2.24, 2.45) is 0 Å². The molecule has 0 aliphatic heterocycles. The molecule has 0 aliphatic carbocycles. The van der Waals surface area contributed by atoms with Crippen LogP contribution in [0.1, 0.15) is 12.5 Å². The Hall–Kier alpha value is -1.83. The van der Waals surface area contributed by atoms with Crippen LogP contribution in [0, 0.1) is 6.92 Å². The topological polar surface area (TPSA) is 22.1 Å². The van der Waals surface area contributed by atoms with Crippen LogP contribution in [-0.4, -0.2) is 11.6 Å². The summed E-state index contributed by atoms with van der Waals surface area (Å²) in [7, 11) is 0. The molecule has 0 fully saturated rings. The van der Waals surface area contributed by atoms with E-state index in [1.807, 2.05) is 50.4 Å². The predicted molar refractivity (Wildman–Crippen MR) is 65.6 cm³/mol. The Morgan fingerprint density at radius 3 is 2.62 bits per heavy atom. The van der Waals surface area contributed by atoms with E-state index in [0.29, 0.717) is 6.61 Å². The summed E-state index contributed by atoms with van der Waals surface area (Å²) in [5.41, 5.74) is 3.16. The molecule has 2 aromatic rings. The number of hydrogen-bond donors (Lipinski definition) is 0. The maximum Gasteiger partial charge on any atom is 0.128 e. The average Bonchev–Trinajstić information content (AvgIpc) is 2.32. The lowest BCUT2D eigenvalue weighted by Gasteiger charge is -2.09. The summed E-state index contributed by atoms with van der Waals surface area (Å²) in [5.74, 6) is 0.890. The van der Waals surface area contributed by atoms with Gasteiger partial charge in [-0.25, -0.2) is 0 Å². The minimum atomic E-state index is 0.670. The third-order valence-electron chi connectivity index (χ3n) is 2.37. The molecule has 82 valence electrons. The first-order chi connectivity index (χ1) is 7.81. The lowest BCUT2D eigenvalue weighted by atomic mass is 10.1.